The molecule has 122 valence electrons. The zero-order valence-corrected chi connectivity index (χ0v) is 13.2. The molecule has 0 aliphatic rings. The van der Waals surface area contributed by atoms with Gasteiger partial charge in [0.25, 0.3) is 0 Å². The third-order valence-electron chi connectivity index (χ3n) is 3.48. The van der Waals surface area contributed by atoms with E-state index in [0.717, 1.165) is 30.7 Å². The van der Waals surface area contributed by atoms with Crippen LogP contribution in [0.1, 0.15) is 24.0 Å². The summed E-state index contributed by atoms with van der Waals surface area (Å²) in [6.07, 6.45) is 2.09. The molecular weight excluding hydrogens is 290 g/mol. The van der Waals surface area contributed by atoms with E-state index in [9.17, 15) is 4.79 Å². The van der Waals surface area contributed by atoms with Crippen LogP contribution < -0.4 is 10.1 Å². The van der Waals surface area contributed by atoms with Crippen molar-refractivity contribution in [1.29, 1.82) is 0 Å². The van der Waals surface area contributed by atoms with Crippen LogP contribution in [0.3, 0.4) is 0 Å². The molecule has 0 atom stereocenters. The second kappa shape index (κ2) is 9.64. The lowest BCUT2D eigenvalue weighted by atomic mass is 10.1. The normalized spacial score (nSPS) is 10.4. The zero-order valence-electron chi connectivity index (χ0n) is 13.2. The van der Waals surface area contributed by atoms with Crippen LogP contribution in [0.25, 0.3) is 0 Å². The number of carboxylic acids is 1. The highest BCUT2D eigenvalue weighted by Gasteiger charge is 1.99. The van der Waals surface area contributed by atoms with E-state index < -0.39 is 5.97 Å². The van der Waals surface area contributed by atoms with Gasteiger partial charge >= 0.3 is 5.97 Å². The van der Waals surface area contributed by atoms with Crippen LogP contribution in [0.4, 0.5) is 0 Å². The number of benzene rings is 2. The molecule has 0 spiro atoms. The molecule has 0 aliphatic carbocycles. The molecule has 0 unspecified atom stereocenters. The van der Waals surface area contributed by atoms with E-state index in [2.05, 4.69) is 17.4 Å². The lowest BCUT2D eigenvalue weighted by Gasteiger charge is -2.08. The minimum Gasteiger partial charge on any atom is -0.489 e. The summed E-state index contributed by atoms with van der Waals surface area (Å²) in [6.45, 7) is 1.92. The highest BCUT2D eigenvalue weighted by Crippen LogP contribution is 2.16. The van der Waals surface area contributed by atoms with Crippen LogP contribution in [-0.2, 0) is 17.8 Å². The summed E-state index contributed by atoms with van der Waals surface area (Å²) in [5, 5.41) is 11.7. The third kappa shape index (κ3) is 6.98. The first-order chi connectivity index (χ1) is 11.2. The average Bonchev–Trinajstić information content (AvgIpc) is 2.57. The van der Waals surface area contributed by atoms with Gasteiger partial charge in [-0.1, -0.05) is 42.5 Å². The number of hydrogen-bond acceptors (Lipinski definition) is 3. The van der Waals surface area contributed by atoms with E-state index in [4.69, 9.17) is 9.84 Å². The molecule has 2 aromatic rings. The van der Waals surface area contributed by atoms with Crippen molar-refractivity contribution < 1.29 is 14.6 Å². The van der Waals surface area contributed by atoms with Gasteiger partial charge in [-0.2, -0.15) is 0 Å². The van der Waals surface area contributed by atoms with Crippen molar-refractivity contribution >= 4 is 5.97 Å². The van der Waals surface area contributed by atoms with E-state index in [1.807, 2.05) is 42.5 Å². The lowest BCUT2D eigenvalue weighted by Crippen LogP contribution is -2.19. The van der Waals surface area contributed by atoms with Gasteiger partial charge in [0.1, 0.15) is 12.4 Å². The molecule has 0 saturated carbocycles. The summed E-state index contributed by atoms with van der Waals surface area (Å²) >= 11 is 0. The molecule has 2 rings (SSSR count). The number of aryl methyl sites for hydroxylation is 1. The smallest absolute Gasteiger partial charge is 0.304 e. The Kier molecular flexibility index (Phi) is 7.14. The Labute approximate surface area is 137 Å². The number of carboxylic acid groups (broad SMARTS) is 1. The fourth-order valence-corrected chi connectivity index (χ4v) is 2.27. The first kappa shape index (κ1) is 17.0. The molecule has 0 amide bonds. The Bertz CT molecular complexity index is 599. The summed E-state index contributed by atoms with van der Waals surface area (Å²) in [4.78, 5) is 10.4. The Hall–Kier alpha value is -2.33. The van der Waals surface area contributed by atoms with Gasteiger partial charge in [0.15, 0.2) is 0 Å². The molecule has 4 nitrogen and oxygen atoms in total. The predicted octanol–water partition coefficient (Wildman–Crippen LogP) is 3.26. The fourth-order valence-electron chi connectivity index (χ4n) is 2.27. The van der Waals surface area contributed by atoms with Gasteiger partial charge in [0.2, 0.25) is 0 Å². The first-order valence-electron chi connectivity index (χ1n) is 7.92. The van der Waals surface area contributed by atoms with E-state index in [1.54, 1.807) is 0 Å². The predicted molar refractivity (Wildman–Crippen MR) is 90.7 cm³/mol. The Balaban J connectivity index is 1.71. The van der Waals surface area contributed by atoms with Gasteiger partial charge in [-0.25, -0.2) is 0 Å². The minimum absolute atomic E-state index is 0.169. The third-order valence-corrected chi connectivity index (χ3v) is 3.48. The van der Waals surface area contributed by atoms with Crippen LogP contribution in [0.15, 0.2) is 54.6 Å². The van der Waals surface area contributed by atoms with E-state index >= 15 is 0 Å². The topological polar surface area (TPSA) is 58.6 Å². The fraction of sp³-hybridized carbons (Fsp3) is 0.316. The molecule has 4 heteroatoms. The van der Waals surface area contributed by atoms with Gasteiger partial charge < -0.3 is 15.2 Å². The number of carbonyl (C=O) groups is 1. The summed E-state index contributed by atoms with van der Waals surface area (Å²) < 4.78 is 5.82. The standard InChI is InChI=1S/C19H23NO3/c21-19(22)11-13-20-12-5-9-16-8-4-10-18(14-16)23-15-17-6-2-1-3-7-17/h1-4,6-8,10,14,20H,5,9,11-13,15H2,(H,21,22). The Morgan fingerprint density at radius 2 is 1.78 bits per heavy atom. The largest absolute Gasteiger partial charge is 0.489 e. The minimum atomic E-state index is -0.763. The number of ether oxygens (including phenoxy) is 1. The summed E-state index contributed by atoms with van der Waals surface area (Å²) in [5.74, 6) is 0.117. The van der Waals surface area contributed by atoms with Crippen LogP contribution in [0.5, 0.6) is 5.75 Å². The van der Waals surface area contributed by atoms with E-state index in [0.29, 0.717) is 13.2 Å². The second-order valence-electron chi connectivity index (χ2n) is 5.42. The highest BCUT2D eigenvalue weighted by molar-refractivity contribution is 5.66. The number of aliphatic carboxylic acids is 1. The molecule has 0 bridgehead atoms. The molecule has 2 aromatic carbocycles. The maximum absolute atomic E-state index is 10.4. The monoisotopic (exact) mass is 313 g/mol. The van der Waals surface area contributed by atoms with Crippen LogP contribution in [0.2, 0.25) is 0 Å². The molecule has 0 heterocycles. The van der Waals surface area contributed by atoms with Gasteiger partial charge in [-0.05, 0) is 42.6 Å². The van der Waals surface area contributed by atoms with Crippen molar-refractivity contribution in [2.24, 2.45) is 0 Å². The van der Waals surface area contributed by atoms with Gasteiger partial charge in [0.05, 0.1) is 6.42 Å². The molecule has 0 aliphatic heterocycles. The Morgan fingerprint density at radius 3 is 2.57 bits per heavy atom. The van der Waals surface area contributed by atoms with Crippen molar-refractivity contribution in [3.05, 3.63) is 65.7 Å². The van der Waals surface area contributed by atoms with Gasteiger partial charge in [0, 0.05) is 6.54 Å². The van der Waals surface area contributed by atoms with Crippen LogP contribution in [-0.4, -0.2) is 24.2 Å². The molecule has 23 heavy (non-hydrogen) atoms. The molecule has 0 aromatic heterocycles. The molecule has 2 N–H and O–H groups in total. The second-order valence-corrected chi connectivity index (χ2v) is 5.42. The summed E-state index contributed by atoms with van der Waals surface area (Å²) in [6, 6.07) is 18.2. The van der Waals surface area contributed by atoms with E-state index in [-0.39, 0.29) is 6.42 Å². The van der Waals surface area contributed by atoms with Gasteiger partial charge in [-0.15, -0.1) is 0 Å². The van der Waals surface area contributed by atoms with Crippen LogP contribution >= 0.6 is 0 Å². The average molecular weight is 313 g/mol. The number of nitrogens with one attached hydrogen (secondary N) is 1. The van der Waals surface area contributed by atoms with Crippen molar-refractivity contribution in [2.45, 2.75) is 25.9 Å². The maximum Gasteiger partial charge on any atom is 0.304 e. The van der Waals surface area contributed by atoms with Gasteiger partial charge in [-0.3, -0.25) is 4.79 Å². The zero-order chi connectivity index (χ0) is 16.3. The maximum atomic E-state index is 10.4. The molecule has 0 radical (unpaired) electrons. The number of rotatable bonds is 10. The number of hydrogen-bond donors (Lipinski definition) is 2. The van der Waals surface area contributed by atoms with Crippen molar-refractivity contribution in [3.8, 4) is 5.75 Å². The van der Waals surface area contributed by atoms with Crippen LogP contribution in [0, 0.1) is 0 Å². The summed E-state index contributed by atoms with van der Waals surface area (Å²) in [7, 11) is 0. The molecule has 0 saturated heterocycles. The highest BCUT2D eigenvalue weighted by atomic mass is 16.5. The molecule has 0 fully saturated rings. The van der Waals surface area contributed by atoms with Crippen molar-refractivity contribution in [3.63, 3.8) is 0 Å². The SMILES string of the molecule is O=C(O)CCNCCCc1cccc(OCc2ccccc2)c1. The summed E-state index contributed by atoms with van der Waals surface area (Å²) in [5.41, 5.74) is 2.39. The quantitative estimate of drug-likeness (QED) is 0.661. The van der Waals surface area contributed by atoms with Crippen molar-refractivity contribution in [1.82, 2.24) is 5.32 Å². The lowest BCUT2D eigenvalue weighted by molar-refractivity contribution is -0.136. The first-order valence-corrected chi connectivity index (χ1v) is 7.92. The van der Waals surface area contributed by atoms with Crippen molar-refractivity contribution in [2.75, 3.05) is 13.1 Å². The Morgan fingerprint density at radius 1 is 1.00 bits per heavy atom. The molecular formula is C19H23NO3. The van der Waals surface area contributed by atoms with E-state index in [1.165, 1.54) is 5.56 Å².